The molecule has 1 aliphatic heterocycles. The van der Waals surface area contributed by atoms with Crippen molar-refractivity contribution in [3.8, 4) is 0 Å². The molecule has 31 heavy (non-hydrogen) atoms. The van der Waals surface area contributed by atoms with Crippen LogP contribution in [0.3, 0.4) is 0 Å². The maximum Gasteiger partial charge on any atom is 0.259 e. The summed E-state index contributed by atoms with van der Waals surface area (Å²) in [6.45, 7) is 3.64. The summed E-state index contributed by atoms with van der Waals surface area (Å²) in [6.07, 6.45) is 3.17. The Morgan fingerprint density at radius 1 is 1.26 bits per heavy atom. The Kier molecular flexibility index (Phi) is 6.57. The van der Waals surface area contributed by atoms with E-state index in [2.05, 4.69) is 36.0 Å². The second-order valence-corrected chi connectivity index (χ2v) is 7.78. The van der Waals surface area contributed by atoms with E-state index in [4.69, 9.17) is 4.74 Å². The molecule has 2 N–H and O–H groups in total. The van der Waals surface area contributed by atoms with Crippen LogP contribution in [-0.4, -0.2) is 57.0 Å². The average Bonchev–Trinajstić information content (AvgIpc) is 3.43. The fraction of sp³-hybridized carbons (Fsp3) is 0.368. The number of carbonyl (C=O) groups is 1. The molecule has 3 aromatic rings. The van der Waals surface area contributed by atoms with Crippen LogP contribution in [0.2, 0.25) is 0 Å². The van der Waals surface area contributed by atoms with E-state index in [0.29, 0.717) is 34.9 Å². The number of aromatic nitrogens is 5. The highest BCUT2D eigenvalue weighted by Gasteiger charge is 2.26. The minimum Gasteiger partial charge on any atom is -0.364 e. The van der Waals surface area contributed by atoms with Crippen molar-refractivity contribution in [1.82, 2.24) is 25.4 Å². The Balaban J connectivity index is 1.35. The van der Waals surface area contributed by atoms with Gasteiger partial charge in [-0.1, -0.05) is 23.5 Å². The first-order valence-electron chi connectivity index (χ1n) is 9.79. The predicted octanol–water partition coefficient (Wildman–Crippen LogP) is 2.27. The molecule has 12 heteroatoms. The number of anilines is 3. The molecule has 2 atom stereocenters. The van der Waals surface area contributed by atoms with Gasteiger partial charge >= 0.3 is 0 Å². The molecule has 0 radical (unpaired) electrons. The number of amides is 1. The van der Waals surface area contributed by atoms with Gasteiger partial charge in [0.05, 0.1) is 12.4 Å². The van der Waals surface area contributed by atoms with Gasteiger partial charge < -0.3 is 15.0 Å². The van der Waals surface area contributed by atoms with Gasteiger partial charge in [0.15, 0.2) is 6.10 Å². The van der Waals surface area contributed by atoms with Gasteiger partial charge in [0.2, 0.25) is 16.2 Å². The van der Waals surface area contributed by atoms with Crippen LogP contribution in [-0.2, 0) is 9.53 Å². The molecule has 162 valence electrons. The van der Waals surface area contributed by atoms with Crippen molar-refractivity contribution in [2.45, 2.75) is 25.5 Å². The van der Waals surface area contributed by atoms with Crippen molar-refractivity contribution in [2.24, 2.45) is 0 Å². The highest BCUT2D eigenvalue weighted by Crippen LogP contribution is 2.26. The average molecular weight is 444 g/mol. The van der Waals surface area contributed by atoms with Gasteiger partial charge in [0, 0.05) is 25.7 Å². The molecule has 10 nitrogen and oxygen atoms in total. The Bertz CT molecular complexity index is 1000. The van der Waals surface area contributed by atoms with E-state index < -0.39 is 12.0 Å². The summed E-state index contributed by atoms with van der Waals surface area (Å²) in [5.74, 6) is -0.170. The summed E-state index contributed by atoms with van der Waals surface area (Å²) in [5.41, 5.74) is 0.562. The molecule has 1 unspecified atom stereocenters. The van der Waals surface area contributed by atoms with E-state index in [1.807, 2.05) is 4.90 Å². The number of nitrogens with zero attached hydrogens (tertiary/aromatic N) is 6. The van der Waals surface area contributed by atoms with Crippen LogP contribution in [0.15, 0.2) is 36.7 Å². The third-order valence-corrected chi connectivity index (χ3v) is 5.44. The van der Waals surface area contributed by atoms with Gasteiger partial charge in [-0.15, -0.1) is 15.3 Å². The molecular formula is C19H21FN8O2S. The fourth-order valence-corrected chi connectivity index (χ4v) is 3.97. The molecule has 2 aromatic heterocycles. The lowest BCUT2D eigenvalue weighted by Crippen LogP contribution is -2.27. The Hall–Kier alpha value is -3.25. The van der Waals surface area contributed by atoms with E-state index in [1.54, 1.807) is 19.3 Å². The zero-order valence-corrected chi connectivity index (χ0v) is 17.5. The Morgan fingerprint density at radius 2 is 2.06 bits per heavy atom. The van der Waals surface area contributed by atoms with Crippen molar-refractivity contribution in [3.63, 3.8) is 0 Å². The number of carbonyl (C=O) groups excluding carboxylic acids is 1. The number of benzene rings is 1. The lowest BCUT2D eigenvalue weighted by atomic mass is 10.1. The van der Waals surface area contributed by atoms with E-state index in [-0.39, 0.29) is 11.9 Å². The van der Waals surface area contributed by atoms with Gasteiger partial charge in [-0.25, -0.2) is 9.37 Å². The van der Waals surface area contributed by atoms with Crippen LogP contribution >= 0.6 is 11.3 Å². The number of halogens is 1. The lowest BCUT2D eigenvalue weighted by Gasteiger charge is -2.16. The van der Waals surface area contributed by atoms with Crippen molar-refractivity contribution in [2.75, 3.05) is 35.2 Å². The summed E-state index contributed by atoms with van der Waals surface area (Å²) >= 11 is 1.24. The topological polar surface area (TPSA) is 118 Å². The summed E-state index contributed by atoms with van der Waals surface area (Å²) in [4.78, 5) is 19.0. The number of nitrogens with one attached hydrogen (secondary N) is 2. The third-order valence-electron chi connectivity index (χ3n) is 4.67. The van der Waals surface area contributed by atoms with Crippen LogP contribution in [0.4, 0.5) is 20.6 Å². The Labute approximate surface area is 181 Å². The minimum atomic E-state index is -0.867. The van der Waals surface area contributed by atoms with Gasteiger partial charge in [-0.2, -0.15) is 5.10 Å². The SMILES string of the molecule is CCOC(C(=O)Nc1nnc(N[C@@H]2CCN(c3nccnn3)C2)s1)c1ccc(F)cc1. The van der Waals surface area contributed by atoms with Crippen LogP contribution < -0.4 is 15.5 Å². The summed E-state index contributed by atoms with van der Waals surface area (Å²) in [7, 11) is 0. The zero-order valence-electron chi connectivity index (χ0n) is 16.7. The molecule has 0 bridgehead atoms. The first kappa shape index (κ1) is 21.0. The lowest BCUT2D eigenvalue weighted by molar-refractivity contribution is -0.127. The second-order valence-electron chi connectivity index (χ2n) is 6.81. The van der Waals surface area contributed by atoms with E-state index >= 15 is 0 Å². The summed E-state index contributed by atoms with van der Waals surface area (Å²) < 4.78 is 18.8. The summed E-state index contributed by atoms with van der Waals surface area (Å²) in [5, 5.41) is 23.0. The molecule has 0 saturated carbocycles. The van der Waals surface area contributed by atoms with Crippen molar-refractivity contribution < 1.29 is 13.9 Å². The highest BCUT2D eigenvalue weighted by molar-refractivity contribution is 7.19. The molecule has 0 spiro atoms. The largest absolute Gasteiger partial charge is 0.364 e. The van der Waals surface area contributed by atoms with Gasteiger partial charge in [-0.3, -0.25) is 10.1 Å². The van der Waals surface area contributed by atoms with Crippen LogP contribution in [0.25, 0.3) is 0 Å². The van der Waals surface area contributed by atoms with Gasteiger partial charge in [0.25, 0.3) is 5.91 Å². The van der Waals surface area contributed by atoms with Crippen LogP contribution in [0.1, 0.15) is 25.0 Å². The molecule has 4 rings (SSSR count). The van der Waals surface area contributed by atoms with Crippen molar-refractivity contribution in [1.29, 1.82) is 0 Å². The van der Waals surface area contributed by atoms with Gasteiger partial charge in [0.1, 0.15) is 5.82 Å². The molecule has 3 heterocycles. The zero-order chi connectivity index (χ0) is 21.6. The van der Waals surface area contributed by atoms with Crippen LogP contribution in [0, 0.1) is 5.82 Å². The normalized spacial score (nSPS) is 16.8. The van der Waals surface area contributed by atoms with E-state index in [1.165, 1.54) is 35.6 Å². The maximum atomic E-state index is 13.2. The number of ether oxygens (including phenoxy) is 1. The number of rotatable bonds is 8. The highest BCUT2D eigenvalue weighted by atomic mass is 32.1. The fourth-order valence-electron chi connectivity index (χ4n) is 3.25. The van der Waals surface area contributed by atoms with Crippen molar-refractivity contribution in [3.05, 3.63) is 48.0 Å². The number of hydrogen-bond donors (Lipinski definition) is 2. The number of hydrogen-bond acceptors (Lipinski definition) is 10. The first-order valence-corrected chi connectivity index (χ1v) is 10.6. The molecule has 1 aliphatic rings. The second kappa shape index (κ2) is 9.71. The van der Waals surface area contributed by atoms with E-state index in [9.17, 15) is 9.18 Å². The molecule has 1 aromatic carbocycles. The monoisotopic (exact) mass is 444 g/mol. The first-order chi connectivity index (χ1) is 15.1. The molecule has 1 fully saturated rings. The molecule has 1 saturated heterocycles. The molecular weight excluding hydrogens is 423 g/mol. The minimum absolute atomic E-state index is 0.149. The van der Waals surface area contributed by atoms with E-state index in [0.717, 1.165) is 13.0 Å². The van der Waals surface area contributed by atoms with Gasteiger partial charge in [-0.05, 0) is 31.0 Å². The third kappa shape index (κ3) is 5.27. The van der Waals surface area contributed by atoms with Crippen LogP contribution in [0.5, 0.6) is 0 Å². The Morgan fingerprint density at radius 3 is 2.81 bits per heavy atom. The summed E-state index contributed by atoms with van der Waals surface area (Å²) in [6, 6.07) is 5.79. The standard InChI is InChI=1S/C19H21FN8O2S/c1-2-30-15(12-3-5-13(20)6-4-12)16(29)24-19-27-26-18(31-19)23-14-7-10-28(11-14)17-21-8-9-22-25-17/h3-6,8-9,14-15H,2,7,10-11H2,1H3,(H,23,26)(H,24,27,29)/t14-,15?/m1/s1. The molecule has 1 amide bonds. The smallest absolute Gasteiger partial charge is 0.259 e. The quantitative estimate of drug-likeness (QED) is 0.539. The van der Waals surface area contributed by atoms with Crippen molar-refractivity contribution >= 4 is 33.5 Å². The maximum absolute atomic E-state index is 13.2. The predicted molar refractivity (Wildman–Crippen MR) is 113 cm³/mol. The molecule has 0 aliphatic carbocycles.